The Morgan fingerprint density at radius 2 is 2.00 bits per heavy atom. The molecule has 2 aromatic heterocycles. The molecule has 5 nitrogen and oxygen atoms in total. The minimum Gasteiger partial charge on any atom is -0.355 e. The predicted octanol–water partition coefficient (Wildman–Crippen LogP) is 1.32. The Hall–Kier alpha value is -1.95. The first-order valence-corrected chi connectivity index (χ1v) is 6.87. The number of rotatable bonds is 6. The summed E-state index contributed by atoms with van der Waals surface area (Å²) in [4.78, 5) is 24.7. The Balaban J connectivity index is 1.65. The molecule has 1 amide bonds. The third kappa shape index (κ3) is 5.05. The lowest BCUT2D eigenvalue weighted by atomic mass is 10.3. The van der Waals surface area contributed by atoms with Gasteiger partial charge in [0.1, 0.15) is 0 Å². The standard InChI is InChI=1S/C13H14N4OS/c18-13(10-19-12-2-4-14-5-3-12)17-6-1-11-9-15-7-8-16-11/h2-5,7-9H,1,6,10H2,(H,17,18). The molecule has 6 heteroatoms. The molecule has 0 radical (unpaired) electrons. The average molecular weight is 274 g/mol. The van der Waals surface area contributed by atoms with Gasteiger partial charge in [-0.2, -0.15) is 0 Å². The fourth-order valence-electron chi connectivity index (χ4n) is 1.42. The fourth-order valence-corrected chi connectivity index (χ4v) is 2.14. The summed E-state index contributed by atoms with van der Waals surface area (Å²) < 4.78 is 0. The number of thioether (sulfide) groups is 1. The van der Waals surface area contributed by atoms with Crippen molar-refractivity contribution in [3.8, 4) is 0 Å². The summed E-state index contributed by atoms with van der Waals surface area (Å²) in [5, 5.41) is 2.86. The van der Waals surface area contributed by atoms with Crippen molar-refractivity contribution in [2.45, 2.75) is 11.3 Å². The molecule has 0 aliphatic heterocycles. The van der Waals surface area contributed by atoms with E-state index in [1.165, 1.54) is 11.8 Å². The largest absolute Gasteiger partial charge is 0.355 e. The zero-order valence-electron chi connectivity index (χ0n) is 10.3. The molecule has 19 heavy (non-hydrogen) atoms. The third-order valence-electron chi connectivity index (χ3n) is 2.34. The van der Waals surface area contributed by atoms with Crippen molar-refractivity contribution in [3.63, 3.8) is 0 Å². The lowest BCUT2D eigenvalue weighted by Crippen LogP contribution is -2.27. The van der Waals surface area contributed by atoms with Crippen LogP contribution < -0.4 is 5.32 Å². The Kier molecular flexibility index (Phi) is 5.31. The molecule has 0 aromatic carbocycles. The van der Waals surface area contributed by atoms with E-state index >= 15 is 0 Å². The number of carbonyl (C=O) groups excluding carboxylic acids is 1. The molecular formula is C13H14N4OS. The third-order valence-corrected chi connectivity index (χ3v) is 3.35. The summed E-state index contributed by atoms with van der Waals surface area (Å²) in [6.07, 6.45) is 9.11. The number of hydrogen-bond donors (Lipinski definition) is 1. The highest BCUT2D eigenvalue weighted by Gasteiger charge is 2.02. The zero-order chi connectivity index (χ0) is 13.3. The molecule has 2 heterocycles. The van der Waals surface area contributed by atoms with Gasteiger partial charge in [0.05, 0.1) is 11.4 Å². The van der Waals surface area contributed by atoms with Gasteiger partial charge < -0.3 is 5.32 Å². The molecule has 2 aromatic rings. The highest BCUT2D eigenvalue weighted by Crippen LogP contribution is 2.15. The van der Waals surface area contributed by atoms with Crippen LogP contribution in [0.25, 0.3) is 0 Å². The second-order valence-electron chi connectivity index (χ2n) is 3.77. The van der Waals surface area contributed by atoms with E-state index in [0.29, 0.717) is 18.7 Å². The van der Waals surface area contributed by atoms with Crippen LogP contribution in [0.15, 0.2) is 48.0 Å². The number of carbonyl (C=O) groups is 1. The van der Waals surface area contributed by atoms with Crippen molar-refractivity contribution in [2.24, 2.45) is 0 Å². The SMILES string of the molecule is O=C(CSc1ccncc1)NCCc1cnccn1. The highest BCUT2D eigenvalue weighted by atomic mass is 32.2. The van der Waals surface area contributed by atoms with E-state index in [0.717, 1.165) is 10.6 Å². The van der Waals surface area contributed by atoms with Crippen molar-refractivity contribution in [1.82, 2.24) is 20.3 Å². The second kappa shape index (κ2) is 7.48. The maximum absolute atomic E-state index is 11.6. The second-order valence-corrected chi connectivity index (χ2v) is 4.82. The van der Waals surface area contributed by atoms with Crippen molar-refractivity contribution in [1.29, 1.82) is 0 Å². The molecule has 1 N–H and O–H groups in total. The normalized spacial score (nSPS) is 10.1. The van der Waals surface area contributed by atoms with Gasteiger partial charge in [-0.3, -0.25) is 19.7 Å². The van der Waals surface area contributed by atoms with Crippen molar-refractivity contribution < 1.29 is 4.79 Å². The Morgan fingerprint density at radius 3 is 2.74 bits per heavy atom. The number of amides is 1. The quantitative estimate of drug-likeness (QED) is 0.805. The molecule has 0 saturated heterocycles. The van der Waals surface area contributed by atoms with Crippen LogP contribution in [0.3, 0.4) is 0 Å². The summed E-state index contributed by atoms with van der Waals surface area (Å²) in [5.74, 6) is 0.426. The van der Waals surface area contributed by atoms with Gasteiger partial charge in [-0.1, -0.05) is 0 Å². The Labute approximate surface area is 115 Å². The lowest BCUT2D eigenvalue weighted by Gasteiger charge is -2.04. The number of aromatic nitrogens is 3. The van der Waals surface area contributed by atoms with Crippen molar-refractivity contribution >= 4 is 17.7 Å². The summed E-state index contributed by atoms with van der Waals surface area (Å²) >= 11 is 1.49. The highest BCUT2D eigenvalue weighted by molar-refractivity contribution is 8.00. The van der Waals surface area contributed by atoms with Gasteiger partial charge in [-0.05, 0) is 12.1 Å². The van der Waals surface area contributed by atoms with E-state index in [1.807, 2.05) is 12.1 Å². The molecule has 0 spiro atoms. The van der Waals surface area contributed by atoms with Gasteiger partial charge in [0.25, 0.3) is 0 Å². The molecule has 2 rings (SSSR count). The maximum Gasteiger partial charge on any atom is 0.230 e. The van der Waals surface area contributed by atoms with Crippen LogP contribution in [-0.2, 0) is 11.2 Å². The van der Waals surface area contributed by atoms with E-state index in [2.05, 4.69) is 20.3 Å². The van der Waals surface area contributed by atoms with E-state index in [1.54, 1.807) is 31.0 Å². The molecular weight excluding hydrogens is 260 g/mol. The monoisotopic (exact) mass is 274 g/mol. The first-order chi connectivity index (χ1) is 9.34. The molecule has 0 aliphatic rings. The van der Waals surface area contributed by atoms with Crippen LogP contribution in [0, 0.1) is 0 Å². The van der Waals surface area contributed by atoms with Gasteiger partial charge in [0.2, 0.25) is 5.91 Å². The first kappa shape index (κ1) is 13.5. The predicted molar refractivity (Wildman–Crippen MR) is 73.7 cm³/mol. The summed E-state index contributed by atoms with van der Waals surface area (Å²) in [5.41, 5.74) is 0.879. The number of pyridine rings is 1. The number of hydrogen-bond acceptors (Lipinski definition) is 5. The van der Waals surface area contributed by atoms with Gasteiger partial charge in [-0.25, -0.2) is 0 Å². The maximum atomic E-state index is 11.6. The van der Waals surface area contributed by atoms with Crippen LogP contribution in [-0.4, -0.2) is 33.2 Å². The van der Waals surface area contributed by atoms with Gasteiger partial charge in [-0.15, -0.1) is 11.8 Å². The van der Waals surface area contributed by atoms with Crippen LogP contribution in [0.5, 0.6) is 0 Å². The van der Waals surface area contributed by atoms with Crippen molar-refractivity contribution in [2.75, 3.05) is 12.3 Å². The van der Waals surface area contributed by atoms with E-state index in [4.69, 9.17) is 0 Å². The fraction of sp³-hybridized carbons (Fsp3) is 0.231. The van der Waals surface area contributed by atoms with E-state index in [-0.39, 0.29) is 5.91 Å². The number of nitrogens with zero attached hydrogens (tertiary/aromatic N) is 3. The van der Waals surface area contributed by atoms with Crippen LogP contribution in [0.1, 0.15) is 5.69 Å². The minimum absolute atomic E-state index is 0.0192. The van der Waals surface area contributed by atoms with Gasteiger partial charge in [0, 0.05) is 48.8 Å². The average Bonchev–Trinajstić information content (AvgIpc) is 2.47. The topological polar surface area (TPSA) is 67.8 Å². The van der Waals surface area contributed by atoms with Crippen LogP contribution >= 0.6 is 11.8 Å². The molecule has 0 bridgehead atoms. The minimum atomic E-state index is 0.0192. The molecule has 0 aliphatic carbocycles. The lowest BCUT2D eigenvalue weighted by molar-refractivity contribution is -0.118. The van der Waals surface area contributed by atoms with Crippen LogP contribution in [0.4, 0.5) is 0 Å². The molecule has 0 saturated carbocycles. The number of nitrogens with one attached hydrogen (secondary N) is 1. The van der Waals surface area contributed by atoms with Gasteiger partial charge in [0.15, 0.2) is 0 Å². The summed E-state index contributed by atoms with van der Waals surface area (Å²) in [6, 6.07) is 3.77. The summed E-state index contributed by atoms with van der Waals surface area (Å²) in [7, 11) is 0. The Morgan fingerprint density at radius 1 is 1.16 bits per heavy atom. The molecule has 98 valence electrons. The summed E-state index contributed by atoms with van der Waals surface area (Å²) in [6.45, 7) is 0.578. The smallest absolute Gasteiger partial charge is 0.230 e. The van der Waals surface area contributed by atoms with E-state index < -0.39 is 0 Å². The molecule has 0 fully saturated rings. The zero-order valence-corrected chi connectivity index (χ0v) is 11.1. The van der Waals surface area contributed by atoms with Crippen LogP contribution in [0.2, 0.25) is 0 Å². The Bertz CT molecular complexity index is 507. The van der Waals surface area contributed by atoms with E-state index in [9.17, 15) is 4.79 Å². The molecule has 0 atom stereocenters. The molecule has 0 unspecified atom stereocenters. The van der Waals surface area contributed by atoms with Crippen molar-refractivity contribution in [3.05, 3.63) is 48.8 Å². The van der Waals surface area contributed by atoms with Gasteiger partial charge >= 0.3 is 0 Å². The first-order valence-electron chi connectivity index (χ1n) is 5.89.